The molecule has 20 heavy (non-hydrogen) atoms. The molecule has 1 aromatic rings. The minimum absolute atomic E-state index is 0.0377. The molecule has 112 valence electrons. The number of benzene rings is 1. The molecule has 1 atom stereocenters. The minimum atomic E-state index is -0.0377. The molecule has 1 unspecified atom stereocenters. The van der Waals surface area contributed by atoms with Crippen LogP contribution in [0.4, 0.5) is 5.69 Å². The molecule has 0 fully saturated rings. The van der Waals surface area contributed by atoms with E-state index in [4.69, 9.17) is 0 Å². The summed E-state index contributed by atoms with van der Waals surface area (Å²) in [5.41, 5.74) is 2.04. The third kappa shape index (κ3) is 5.72. The number of carbonyl (C=O) groups excluding carboxylic acids is 1. The standard InChI is InChI=1S/C16H27N3O/c1-5-19(6-2)11-10-17-13(3)15-8-7-9-16(12-15)18-14(4)20/h7-9,12-13,17H,5-6,10-11H2,1-4H3,(H,18,20). The van der Waals surface area contributed by atoms with Crippen molar-refractivity contribution in [2.45, 2.75) is 33.7 Å². The zero-order valence-electron chi connectivity index (χ0n) is 13.1. The molecule has 2 N–H and O–H groups in total. The molecular formula is C16H27N3O. The second kappa shape index (κ2) is 8.72. The predicted molar refractivity (Wildman–Crippen MR) is 85.0 cm³/mol. The van der Waals surface area contributed by atoms with Crippen molar-refractivity contribution in [2.24, 2.45) is 0 Å². The number of hydrogen-bond donors (Lipinski definition) is 2. The number of amides is 1. The topological polar surface area (TPSA) is 44.4 Å². The summed E-state index contributed by atoms with van der Waals surface area (Å²) >= 11 is 0. The molecule has 0 saturated heterocycles. The Kier molecular flexibility index (Phi) is 7.26. The van der Waals surface area contributed by atoms with Crippen LogP contribution in [0.25, 0.3) is 0 Å². The quantitative estimate of drug-likeness (QED) is 0.768. The van der Waals surface area contributed by atoms with Crippen molar-refractivity contribution >= 4 is 11.6 Å². The van der Waals surface area contributed by atoms with E-state index in [0.29, 0.717) is 0 Å². The number of carbonyl (C=O) groups is 1. The largest absolute Gasteiger partial charge is 0.326 e. The molecule has 4 nitrogen and oxygen atoms in total. The lowest BCUT2D eigenvalue weighted by Gasteiger charge is -2.21. The smallest absolute Gasteiger partial charge is 0.221 e. The number of likely N-dealkylation sites (N-methyl/N-ethyl adjacent to an activating group) is 1. The van der Waals surface area contributed by atoms with Crippen molar-refractivity contribution in [1.29, 1.82) is 0 Å². The van der Waals surface area contributed by atoms with Gasteiger partial charge in [0, 0.05) is 31.7 Å². The van der Waals surface area contributed by atoms with Crippen molar-refractivity contribution < 1.29 is 4.79 Å². The lowest BCUT2D eigenvalue weighted by atomic mass is 10.1. The van der Waals surface area contributed by atoms with E-state index < -0.39 is 0 Å². The summed E-state index contributed by atoms with van der Waals surface area (Å²) in [5, 5.41) is 6.34. The van der Waals surface area contributed by atoms with Gasteiger partial charge in [0.2, 0.25) is 5.91 Å². The first kappa shape index (κ1) is 16.7. The van der Waals surface area contributed by atoms with Crippen LogP contribution in [0.15, 0.2) is 24.3 Å². The zero-order chi connectivity index (χ0) is 15.0. The van der Waals surface area contributed by atoms with E-state index in [2.05, 4.69) is 42.4 Å². The fourth-order valence-corrected chi connectivity index (χ4v) is 2.19. The van der Waals surface area contributed by atoms with E-state index in [9.17, 15) is 4.79 Å². The van der Waals surface area contributed by atoms with E-state index in [1.165, 1.54) is 12.5 Å². The van der Waals surface area contributed by atoms with Gasteiger partial charge in [0.15, 0.2) is 0 Å². The summed E-state index contributed by atoms with van der Waals surface area (Å²) < 4.78 is 0. The van der Waals surface area contributed by atoms with Gasteiger partial charge < -0.3 is 15.5 Å². The van der Waals surface area contributed by atoms with Crippen LogP contribution in [-0.4, -0.2) is 37.0 Å². The summed E-state index contributed by atoms with van der Waals surface area (Å²) in [5.74, 6) is -0.0377. The highest BCUT2D eigenvalue weighted by Crippen LogP contribution is 2.17. The molecule has 0 bridgehead atoms. The van der Waals surface area contributed by atoms with Crippen LogP contribution in [0.5, 0.6) is 0 Å². The third-order valence-corrected chi connectivity index (χ3v) is 3.48. The fraction of sp³-hybridized carbons (Fsp3) is 0.562. The molecule has 0 radical (unpaired) electrons. The Morgan fingerprint density at radius 1 is 1.30 bits per heavy atom. The van der Waals surface area contributed by atoms with Crippen LogP contribution < -0.4 is 10.6 Å². The molecule has 0 heterocycles. The Bertz CT molecular complexity index is 416. The van der Waals surface area contributed by atoms with Gasteiger partial charge in [-0.2, -0.15) is 0 Å². The Hall–Kier alpha value is -1.39. The van der Waals surface area contributed by atoms with Gasteiger partial charge in [-0.3, -0.25) is 4.79 Å². The van der Waals surface area contributed by atoms with Crippen molar-refractivity contribution in [3.05, 3.63) is 29.8 Å². The van der Waals surface area contributed by atoms with Crippen molar-refractivity contribution in [2.75, 3.05) is 31.5 Å². The van der Waals surface area contributed by atoms with Gasteiger partial charge >= 0.3 is 0 Å². The molecule has 4 heteroatoms. The predicted octanol–water partition coefficient (Wildman–Crippen LogP) is 2.64. The molecule has 0 aliphatic heterocycles. The van der Waals surface area contributed by atoms with Crippen LogP contribution in [0.2, 0.25) is 0 Å². The highest BCUT2D eigenvalue weighted by molar-refractivity contribution is 5.88. The first-order chi connectivity index (χ1) is 9.56. The molecule has 1 aromatic carbocycles. The maximum Gasteiger partial charge on any atom is 0.221 e. The highest BCUT2D eigenvalue weighted by atomic mass is 16.1. The van der Waals surface area contributed by atoms with E-state index in [1.807, 2.05) is 18.2 Å². The first-order valence-electron chi connectivity index (χ1n) is 7.40. The summed E-state index contributed by atoms with van der Waals surface area (Å²) in [6, 6.07) is 8.27. The Labute approximate surface area is 122 Å². The maximum absolute atomic E-state index is 11.1. The number of nitrogens with one attached hydrogen (secondary N) is 2. The van der Waals surface area contributed by atoms with E-state index >= 15 is 0 Å². The summed E-state index contributed by atoms with van der Waals surface area (Å²) in [4.78, 5) is 13.5. The monoisotopic (exact) mass is 277 g/mol. The lowest BCUT2D eigenvalue weighted by molar-refractivity contribution is -0.114. The van der Waals surface area contributed by atoms with E-state index in [-0.39, 0.29) is 11.9 Å². The normalized spacial score (nSPS) is 12.4. The number of anilines is 1. The average molecular weight is 277 g/mol. The molecule has 0 aliphatic carbocycles. The molecule has 1 amide bonds. The number of rotatable bonds is 8. The van der Waals surface area contributed by atoms with Crippen LogP contribution in [0.3, 0.4) is 0 Å². The molecule has 0 spiro atoms. The van der Waals surface area contributed by atoms with E-state index in [0.717, 1.165) is 31.9 Å². The lowest BCUT2D eigenvalue weighted by Crippen LogP contribution is -2.33. The molecule has 0 aliphatic rings. The second-order valence-corrected chi connectivity index (χ2v) is 5.01. The van der Waals surface area contributed by atoms with Crippen molar-refractivity contribution in [3.63, 3.8) is 0 Å². The SMILES string of the molecule is CCN(CC)CCNC(C)c1cccc(NC(C)=O)c1. The maximum atomic E-state index is 11.1. The van der Waals surface area contributed by atoms with E-state index in [1.54, 1.807) is 0 Å². The second-order valence-electron chi connectivity index (χ2n) is 5.01. The highest BCUT2D eigenvalue weighted by Gasteiger charge is 2.06. The van der Waals surface area contributed by atoms with Gasteiger partial charge in [-0.05, 0) is 37.7 Å². The summed E-state index contributed by atoms with van der Waals surface area (Å²) in [6.45, 7) is 12.2. The van der Waals surface area contributed by atoms with Gasteiger partial charge in [0.1, 0.15) is 0 Å². The number of hydrogen-bond acceptors (Lipinski definition) is 3. The van der Waals surface area contributed by atoms with Crippen molar-refractivity contribution in [1.82, 2.24) is 10.2 Å². The van der Waals surface area contributed by atoms with Crippen LogP contribution in [-0.2, 0) is 4.79 Å². The van der Waals surface area contributed by atoms with Crippen LogP contribution >= 0.6 is 0 Å². The van der Waals surface area contributed by atoms with Crippen molar-refractivity contribution in [3.8, 4) is 0 Å². The fourth-order valence-electron chi connectivity index (χ4n) is 2.19. The average Bonchev–Trinajstić information content (AvgIpc) is 2.43. The molecule has 0 aromatic heterocycles. The Morgan fingerprint density at radius 2 is 2.00 bits per heavy atom. The van der Waals surface area contributed by atoms with Gasteiger partial charge in [-0.15, -0.1) is 0 Å². The molecule has 0 saturated carbocycles. The van der Waals surface area contributed by atoms with Gasteiger partial charge in [-0.25, -0.2) is 0 Å². The molecular weight excluding hydrogens is 250 g/mol. The third-order valence-electron chi connectivity index (χ3n) is 3.48. The molecule has 1 rings (SSSR count). The minimum Gasteiger partial charge on any atom is -0.326 e. The van der Waals surface area contributed by atoms with Gasteiger partial charge in [-0.1, -0.05) is 26.0 Å². The zero-order valence-corrected chi connectivity index (χ0v) is 13.1. The van der Waals surface area contributed by atoms with Gasteiger partial charge in [0.25, 0.3) is 0 Å². The summed E-state index contributed by atoms with van der Waals surface area (Å²) in [7, 11) is 0. The van der Waals surface area contributed by atoms with Gasteiger partial charge in [0.05, 0.1) is 0 Å². The number of nitrogens with zero attached hydrogens (tertiary/aromatic N) is 1. The Morgan fingerprint density at radius 3 is 2.60 bits per heavy atom. The summed E-state index contributed by atoms with van der Waals surface area (Å²) in [6.07, 6.45) is 0. The van der Waals surface area contributed by atoms with Crippen LogP contribution in [0, 0.1) is 0 Å². The van der Waals surface area contributed by atoms with Crippen LogP contribution in [0.1, 0.15) is 39.3 Å². The Balaban J connectivity index is 2.50. The first-order valence-corrected chi connectivity index (χ1v) is 7.40.